The third-order valence-electron chi connectivity index (χ3n) is 6.69. The average molecular weight is 560 g/mol. The summed E-state index contributed by atoms with van der Waals surface area (Å²) in [6.45, 7) is -0.644. The average Bonchev–Trinajstić information content (AvgIpc) is 3.59. The van der Waals surface area contributed by atoms with E-state index in [0.717, 1.165) is 22.2 Å². The molecule has 2 aliphatic rings. The first-order valence-electron chi connectivity index (χ1n) is 12.2. The third-order valence-corrected chi connectivity index (χ3v) is 7.54. The standard InChI is InChI=1S/C28H21N3O8S/c32-23(17-9-13-20(14-10-17)39-28(36)24-6-3-15-40-24)16-29(25(33)18-7-11-19(12-8-18)31(37)38)30-26(34)21-4-1-2-5-22(21)27(30)35/h1-3,6-15,21-22H,4-5,16H2/t21-,22-/m0/s1. The van der Waals surface area contributed by atoms with Crippen LogP contribution in [0.2, 0.25) is 0 Å². The molecule has 0 saturated carbocycles. The van der Waals surface area contributed by atoms with Crippen LogP contribution in [-0.2, 0) is 9.59 Å². The number of non-ortho nitro benzene ring substituents is 1. The minimum absolute atomic E-state index is 0.0390. The molecular formula is C28H21N3O8S. The van der Waals surface area contributed by atoms with E-state index in [1.165, 1.54) is 47.7 Å². The van der Waals surface area contributed by atoms with E-state index < -0.39 is 52.8 Å². The van der Waals surface area contributed by atoms with E-state index in [1.807, 2.05) is 0 Å². The highest BCUT2D eigenvalue weighted by atomic mass is 32.1. The molecule has 12 heteroatoms. The van der Waals surface area contributed by atoms with Crippen molar-refractivity contribution < 1.29 is 33.6 Å². The summed E-state index contributed by atoms with van der Waals surface area (Å²) in [5.41, 5.74) is -0.136. The number of allylic oxidation sites excluding steroid dienone is 2. The first kappa shape index (κ1) is 26.6. The van der Waals surface area contributed by atoms with Crippen LogP contribution in [0.4, 0.5) is 5.69 Å². The van der Waals surface area contributed by atoms with Gasteiger partial charge >= 0.3 is 5.97 Å². The molecule has 1 aromatic heterocycles. The van der Waals surface area contributed by atoms with Crippen molar-refractivity contribution in [2.45, 2.75) is 12.8 Å². The van der Waals surface area contributed by atoms with Crippen LogP contribution in [0.25, 0.3) is 0 Å². The molecule has 202 valence electrons. The van der Waals surface area contributed by atoms with Crippen LogP contribution >= 0.6 is 11.3 Å². The van der Waals surface area contributed by atoms with Crippen molar-refractivity contribution in [3.63, 3.8) is 0 Å². The topological polar surface area (TPSA) is 144 Å². The lowest BCUT2D eigenvalue weighted by atomic mass is 9.85. The molecule has 0 bridgehead atoms. The largest absolute Gasteiger partial charge is 0.422 e. The molecule has 11 nitrogen and oxygen atoms in total. The normalized spacial score (nSPS) is 17.9. The van der Waals surface area contributed by atoms with Gasteiger partial charge in [-0.1, -0.05) is 18.2 Å². The maximum absolute atomic E-state index is 13.6. The van der Waals surface area contributed by atoms with E-state index >= 15 is 0 Å². The van der Waals surface area contributed by atoms with E-state index in [2.05, 4.69) is 0 Å². The van der Waals surface area contributed by atoms with Gasteiger partial charge in [-0.25, -0.2) is 9.80 Å². The van der Waals surface area contributed by atoms with Crippen molar-refractivity contribution in [2.24, 2.45) is 11.8 Å². The summed E-state index contributed by atoms with van der Waals surface area (Å²) in [5, 5.41) is 14.3. The van der Waals surface area contributed by atoms with Crippen LogP contribution in [-0.4, -0.2) is 51.0 Å². The van der Waals surface area contributed by atoms with Gasteiger partial charge in [-0.15, -0.1) is 11.3 Å². The van der Waals surface area contributed by atoms with Gasteiger partial charge in [-0.3, -0.25) is 29.3 Å². The second-order valence-electron chi connectivity index (χ2n) is 9.13. The maximum Gasteiger partial charge on any atom is 0.353 e. The second-order valence-corrected chi connectivity index (χ2v) is 10.1. The molecule has 3 amide bonds. The summed E-state index contributed by atoms with van der Waals surface area (Å²) >= 11 is 1.22. The molecule has 1 fully saturated rings. The molecule has 2 aromatic carbocycles. The molecular weight excluding hydrogens is 538 g/mol. The summed E-state index contributed by atoms with van der Waals surface area (Å²) in [7, 11) is 0. The zero-order chi connectivity index (χ0) is 28.4. The number of hydrogen-bond acceptors (Lipinski definition) is 9. The van der Waals surface area contributed by atoms with Gasteiger partial charge < -0.3 is 4.74 Å². The van der Waals surface area contributed by atoms with E-state index in [0.29, 0.717) is 17.7 Å². The number of carbonyl (C=O) groups excluding carboxylic acids is 5. The van der Waals surface area contributed by atoms with E-state index in [4.69, 9.17) is 4.74 Å². The highest BCUT2D eigenvalue weighted by Gasteiger charge is 2.51. The Kier molecular flexibility index (Phi) is 7.34. The predicted molar refractivity (Wildman–Crippen MR) is 141 cm³/mol. The first-order valence-corrected chi connectivity index (χ1v) is 13.1. The number of fused-ring (bicyclic) bond motifs is 1. The number of nitro benzene ring substituents is 1. The predicted octanol–water partition coefficient (Wildman–Crippen LogP) is 4.07. The number of ketones is 1. The van der Waals surface area contributed by atoms with Gasteiger partial charge in [-0.05, 0) is 60.7 Å². The minimum Gasteiger partial charge on any atom is -0.422 e. The minimum atomic E-state index is -0.835. The van der Waals surface area contributed by atoms with Gasteiger partial charge in [0.05, 0.1) is 16.8 Å². The van der Waals surface area contributed by atoms with Crippen LogP contribution in [0, 0.1) is 22.0 Å². The van der Waals surface area contributed by atoms with Gasteiger partial charge in [0.1, 0.15) is 17.2 Å². The van der Waals surface area contributed by atoms with Crippen LogP contribution in [0.15, 0.2) is 78.2 Å². The maximum atomic E-state index is 13.6. The lowest BCUT2D eigenvalue weighted by molar-refractivity contribution is -0.384. The van der Waals surface area contributed by atoms with Crippen molar-refractivity contribution in [1.29, 1.82) is 0 Å². The van der Waals surface area contributed by atoms with Crippen LogP contribution in [0.3, 0.4) is 0 Å². The number of Topliss-reactive ketones (excluding diaryl/α,β-unsaturated/α-hetero) is 1. The Balaban J connectivity index is 1.39. The van der Waals surface area contributed by atoms with E-state index in [9.17, 15) is 34.1 Å². The summed E-state index contributed by atoms with van der Waals surface area (Å²) in [5.74, 6) is -4.21. The lowest BCUT2D eigenvalue weighted by Crippen LogP contribution is -2.52. The Morgan fingerprint density at radius 3 is 2.08 bits per heavy atom. The van der Waals surface area contributed by atoms with Gasteiger partial charge in [0, 0.05) is 23.3 Å². The Hall–Kier alpha value is -4.97. The fourth-order valence-corrected chi connectivity index (χ4v) is 5.22. The van der Waals surface area contributed by atoms with Crippen molar-refractivity contribution in [1.82, 2.24) is 10.0 Å². The number of carbonyl (C=O) groups is 5. The third kappa shape index (κ3) is 5.16. The summed E-state index contributed by atoms with van der Waals surface area (Å²) in [6.07, 6.45) is 4.28. The molecule has 1 saturated heterocycles. The van der Waals surface area contributed by atoms with Gasteiger partial charge in [0.15, 0.2) is 5.78 Å². The molecule has 5 rings (SSSR count). The zero-order valence-electron chi connectivity index (χ0n) is 20.8. The number of amides is 3. The zero-order valence-corrected chi connectivity index (χ0v) is 21.6. The van der Waals surface area contributed by atoms with Crippen LogP contribution in [0.1, 0.15) is 43.2 Å². The molecule has 1 aliphatic carbocycles. The Labute approximate surface area is 231 Å². The smallest absolute Gasteiger partial charge is 0.353 e. The van der Waals surface area contributed by atoms with Crippen LogP contribution in [0.5, 0.6) is 5.75 Å². The molecule has 0 unspecified atom stereocenters. The second kappa shape index (κ2) is 11.0. The summed E-state index contributed by atoms with van der Waals surface area (Å²) in [6, 6.07) is 13.7. The fraction of sp³-hybridized carbons (Fsp3) is 0.179. The van der Waals surface area contributed by atoms with Crippen LogP contribution < -0.4 is 4.74 Å². The number of benzene rings is 2. The molecule has 0 N–H and O–H groups in total. The number of nitro groups is 1. The first-order chi connectivity index (χ1) is 19.2. The Morgan fingerprint density at radius 2 is 1.52 bits per heavy atom. The summed E-state index contributed by atoms with van der Waals surface area (Å²) < 4.78 is 5.30. The number of thiophene rings is 1. The molecule has 3 aromatic rings. The van der Waals surface area contributed by atoms with Crippen molar-refractivity contribution in [3.05, 3.63) is 104 Å². The number of ether oxygens (including phenoxy) is 1. The molecule has 1 aliphatic heterocycles. The Morgan fingerprint density at radius 1 is 0.925 bits per heavy atom. The lowest BCUT2D eigenvalue weighted by Gasteiger charge is -2.30. The SMILES string of the molecule is O=C(CN(C(=O)c1ccc([N+](=O)[O-])cc1)N1C(=O)[C@H]2CC=CC[C@@H]2C1=O)c1ccc(OC(=O)c2cccs2)cc1. The summed E-state index contributed by atoms with van der Waals surface area (Å²) in [4.78, 5) is 76.4. The number of imide groups is 1. The fourth-order valence-electron chi connectivity index (χ4n) is 4.62. The van der Waals surface area contributed by atoms with Crippen molar-refractivity contribution in [2.75, 3.05) is 6.54 Å². The van der Waals surface area contributed by atoms with Gasteiger partial charge in [-0.2, -0.15) is 5.01 Å². The van der Waals surface area contributed by atoms with Gasteiger partial charge in [0.2, 0.25) is 0 Å². The quantitative estimate of drug-likeness (QED) is 0.0764. The van der Waals surface area contributed by atoms with Crippen molar-refractivity contribution in [3.8, 4) is 5.75 Å². The molecule has 40 heavy (non-hydrogen) atoms. The molecule has 2 heterocycles. The van der Waals surface area contributed by atoms with Crippen molar-refractivity contribution >= 4 is 46.5 Å². The number of nitrogens with zero attached hydrogens (tertiary/aromatic N) is 3. The molecule has 0 radical (unpaired) electrons. The number of rotatable bonds is 8. The highest BCUT2D eigenvalue weighted by molar-refractivity contribution is 7.12. The highest BCUT2D eigenvalue weighted by Crippen LogP contribution is 2.36. The molecule has 0 spiro atoms. The van der Waals surface area contributed by atoms with E-state index in [-0.39, 0.29) is 22.6 Å². The number of hydrazine groups is 1. The molecule has 2 atom stereocenters. The van der Waals surface area contributed by atoms with Gasteiger partial charge in [0.25, 0.3) is 23.4 Å². The number of hydrogen-bond donors (Lipinski definition) is 0. The number of esters is 1. The van der Waals surface area contributed by atoms with E-state index in [1.54, 1.807) is 29.7 Å². The Bertz CT molecular complexity index is 1500. The monoisotopic (exact) mass is 559 g/mol.